The molecule has 0 amide bonds. The summed E-state index contributed by atoms with van der Waals surface area (Å²) in [7, 11) is 0. The van der Waals surface area contributed by atoms with Crippen LogP contribution in [-0.2, 0) is 13.1 Å². The van der Waals surface area contributed by atoms with Crippen molar-refractivity contribution in [3.63, 3.8) is 0 Å². The van der Waals surface area contributed by atoms with Crippen LogP contribution in [0, 0.1) is 6.92 Å². The average Bonchev–Trinajstić information content (AvgIpc) is 3.04. The average molecular weight is 323 g/mol. The molecule has 0 unspecified atom stereocenters. The van der Waals surface area contributed by atoms with E-state index < -0.39 is 11.5 Å². The smallest absolute Gasteiger partial charge is 0.341 e. The van der Waals surface area contributed by atoms with Gasteiger partial charge in [0.15, 0.2) is 0 Å². The Morgan fingerprint density at radius 2 is 1.79 bits per heavy atom. The van der Waals surface area contributed by atoms with Gasteiger partial charge in [-0.15, -0.1) is 0 Å². The predicted molar refractivity (Wildman–Crippen MR) is 89.3 cm³/mol. The topological polar surface area (TPSA) is 77.1 Å². The fourth-order valence-electron chi connectivity index (χ4n) is 2.67. The monoisotopic (exact) mass is 323 g/mol. The van der Waals surface area contributed by atoms with Gasteiger partial charge in [-0.25, -0.2) is 4.79 Å². The second-order valence-electron chi connectivity index (χ2n) is 5.58. The van der Waals surface area contributed by atoms with Gasteiger partial charge in [-0.1, -0.05) is 24.3 Å². The van der Waals surface area contributed by atoms with Crippen LogP contribution >= 0.6 is 0 Å². The number of hydrogen-bond acceptors (Lipinski definition) is 3. The van der Waals surface area contributed by atoms with E-state index in [-0.39, 0.29) is 5.56 Å². The zero-order valence-electron chi connectivity index (χ0n) is 13.2. The predicted octanol–water partition coefficient (Wildman–Crippen LogP) is 2.15. The molecule has 0 saturated carbocycles. The number of aromatic carboxylic acids is 1. The normalized spacial score (nSPS) is 10.7. The maximum Gasteiger partial charge on any atom is 0.341 e. The molecule has 2 heterocycles. The molecule has 122 valence electrons. The molecular formula is C18H17N3O3. The van der Waals surface area contributed by atoms with Crippen molar-refractivity contribution in [2.75, 3.05) is 0 Å². The Morgan fingerprint density at radius 1 is 1.08 bits per heavy atom. The van der Waals surface area contributed by atoms with Gasteiger partial charge in [-0.05, 0) is 35.7 Å². The lowest BCUT2D eigenvalue weighted by molar-refractivity contribution is 0.0693. The third kappa shape index (κ3) is 3.12. The van der Waals surface area contributed by atoms with Gasteiger partial charge in [-0.2, -0.15) is 5.10 Å². The molecule has 0 atom stereocenters. The molecule has 3 aromatic rings. The lowest BCUT2D eigenvalue weighted by Gasteiger charge is -2.13. The molecule has 6 heteroatoms. The summed E-state index contributed by atoms with van der Waals surface area (Å²) in [6.45, 7) is 2.53. The van der Waals surface area contributed by atoms with Gasteiger partial charge in [-0.3, -0.25) is 9.48 Å². The lowest BCUT2D eigenvalue weighted by atomic mass is 10.1. The van der Waals surface area contributed by atoms with Crippen molar-refractivity contribution in [1.82, 2.24) is 14.3 Å². The Bertz CT molecular complexity index is 927. The van der Waals surface area contributed by atoms with Crippen molar-refractivity contribution in [2.24, 2.45) is 0 Å². The molecule has 2 aromatic heterocycles. The van der Waals surface area contributed by atoms with Crippen LogP contribution in [0.25, 0.3) is 0 Å². The van der Waals surface area contributed by atoms with Crippen LogP contribution < -0.4 is 5.56 Å². The molecule has 0 bridgehead atoms. The van der Waals surface area contributed by atoms with E-state index in [1.54, 1.807) is 30.1 Å². The first-order valence-electron chi connectivity index (χ1n) is 7.54. The highest BCUT2D eigenvalue weighted by Crippen LogP contribution is 2.12. The molecule has 0 radical (unpaired) electrons. The van der Waals surface area contributed by atoms with E-state index in [4.69, 9.17) is 0 Å². The maximum atomic E-state index is 12.4. The van der Waals surface area contributed by atoms with Crippen molar-refractivity contribution in [3.8, 4) is 0 Å². The Hall–Kier alpha value is -3.15. The number of carbonyl (C=O) groups is 1. The van der Waals surface area contributed by atoms with Gasteiger partial charge in [0.25, 0.3) is 5.56 Å². The van der Waals surface area contributed by atoms with Gasteiger partial charge in [0.05, 0.1) is 13.1 Å². The molecule has 0 saturated heterocycles. The van der Waals surface area contributed by atoms with Crippen LogP contribution in [0.15, 0.2) is 59.8 Å². The summed E-state index contributed by atoms with van der Waals surface area (Å²) in [6.07, 6.45) is 5.22. The SMILES string of the molecule is Cc1ccn(Cc2ccccc2Cn2cccn2)c(=O)c1C(=O)O. The number of hydrogen-bond donors (Lipinski definition) is 1. The highest BCUT2D eigenvalue weighted by molar-refractivity contribution is 5.88. The highest BCUT2D eigenvalue weighted by atomic mass is 16.4. The Balaban J connectivity index is 1.97. The third-order valence-electron chi connectivity index (χ3n) is 3.94. The molecule has 0 aliphatic carbocycles. The van der Waals surface area contributed by atoms with E-state index in [0.717, 1.165) is 11.1 Å². The summed E-state index contributed by atoms with van der Waals surface area (Å²) in [5.74, 6) is -1.20. The number of carboxylic acid groups (broad SMARTS) is 1. The van der Waals surface area contributed by atoms with E-state index >= 15 is 0 Å². The van der Waals surface area contributed by atoms with E-state index in [1.165, 1.54) is 4.57 Å². The van der Waals surface area contributed by atoms with Crippen molar-refractivity contribution in [1.29, 1.82) is 0 Å². The second-order valence-corrected chi connectivity index (χ2v) is 5.58. The largest absolute Gasteiger partial charge is 0.477 e. The van der Waals surface area contributed by atoms with Crippen molar-refractivity contribution in [2.45, 2.75) is 20.0 Å². The summed E-state index contributed by atoms with van der Waals surface area (Å²) in [4.78, 5) is 23.7. The summed E-state index contributed by atoms with van der Waals surface area (Å²) in [6, 6.07) is 11.3. The van der Waals surface area contributed by atoms with Crippen LogP contribution in [0.1, 0.15) is 27.0 Å². The van der Waals surface area contributed by atoms with Gasteiger partial charge in [0, 0.05) is 18.6 Å². The van der Waals surface area contributed by atoms with Gasteiger partial charge in [0.2, 0.25) is 0 Å². The number of pyridine rings is 1. The third-order valence-corrected chi connectivity index (χ3v) is 3.94. The maximum absolute atomic E-state index is 12.4. The van der Waals surface area contributed by atoms with E-state index in [2.05, 4.69) is 5.10 Å². The van der Waals surface area contributed by atoms with Crippen LogP contribution in [0.5, 0.6) is 0 Å². The number of nitrogens with zero attached hydrogens (tertiary/aromatic N) is 3. The molecule has 24 heavy (non-hydrogen) atoms. The van der Waals surface area contributed by atoms with Gasteiger partial charge in [0.1, 0.15) is 5.56 Å². The quantitative estimate of drug-likeness (QED) is 0.780. The standard InChI is InChI=1S/C18H17N3O3/c1-13-7-10-20(17(22)16(13)18(23)24)11-14-5-2-3-6-15(14)12-21-9-4-8-19-21/h2-10H,11-12H2,1H3,(H,23,24). The molecule has 6 nitrogen and oxygen atoms in total. The Kier molecular flexibility index (Phi) is 4.29. The second kappa shape index (κ2) is 6.54. The molecule has 1 N–H and O–H groups in total. The Morgan fingerprint density at radius 3 is 2.42 bits per heavy atom. The fourth-order valence-corrected chi connectivity index (χ4v) is 2.67. The minimum absolute atomic E-state index is 0.179. The summed E-state index contributed by atoms with van der Waals surface area (Å²) in [5.41, 5.74) is 1.79. The molecule has 1 aromatic carbocycles. The molecular weight excluding hydrogens is 306 g/mol. The first-order chi connectivity index (χ1) is 11.6. The summed E-state index contributed by atoms with van der Waals surface area (Å²) >= 11 is 0. The zero-order valence-corrected chi connectivity index (χ0v) is 13.2. The van der Waals surface area contributed by atoms with E-state index in [0.29, 0.717) is 18.7 Å². The van der Waals surface area contributed by atoms with Crippen LogP contribution in [0.4, 0.5) is 0 Å². The summed E-state index contributed by atoms with van der Waals surface area (Å²) < 4.78 is 3.23. The summed E-state index contributed by atoms with van der Waals surface area (Å²) in [5, 5.41) is 13.4. The van der Waals surface area contributed by atoms with Crippen LogP contribution in [0.3, 0.4) is 0 Å². The molecule has 0 aliphatic rings. The first-order valence-corrected chi connectivity index (χ1v) is 7.54. The van der Waals surface area contributed by atoms with Crippen LogP contribution in [-0.4, -0.2) is 25.4 Å². The fraction of sp³-hybridized carbons (Fsp3) is 0.167. The van der Waals surface area contributed by atoms with Gasteiger partial charge < -0.3 is 9.67 Å². The van der Waals surface area contributed by atoms with Crippen molar-refractivity contribution >= 4 is 5.97 Å². The Labute approximate surface area is 138 Å². The minimum atomic E-state index is -1.20. The molecule has 0 fully saturated rings. The van der Waals surface area contributed by atoms with Crippen LogP contribution in [0.2, 0.25) is 0 Å². The minimum Gasteiger partial charge on any atom is -0.477 e. The van der Waals surface area contributed by atoms with Gasteiger partial charge >= 0.3 is 5.97 Å². The zero-order chi connectivity index (χ0) is 17.1. The van der Waals surface area contributed by atoms with E-state index in [9.17, 15) is 14.7 Å². The van der Waals surface area contributed by atoms with Crippen molar-refractivity contribution < 1.29 is 9.90 Å². The first kappa shape index (κ1) is 15.7. The highest BCUT2D eigenvalue weighted by Gasteiger charge is 2.15. The lowest BCUT2D eigenvalue weighted by Crippen LogP contribution is -2.27. The van der Waals surface area contributed by atoms with Crippen molar-refractivity contribution in [3.05, 3.63) is 87.6 Å². The molecule has 0 spiro atoms. The molecule has 0 aliphatic heterocycles. The number of carboxylic acids is 1. The van der Waals surface area contributed by atoms with E-state index in [1.807, 2.05) is 36.5 Å². The number of rotatable bonds is 5. The number of aromatic nitrogens is 3. The number of benzene rings is 1. The molecule has 3 rings (SSSR count). The number of aryl methyl sites for hydroxylation is 1.